The Hall–Kier alpha value is -1.19. The lowest BCUT2D eigenvalue weighted by atomic mass is 9.86. The molecule has 4 heteroatoms. The molecule has 2 unspecified atom stereocenters. The van der Waals surface area contributed by atoms with Crippen molar-refractivity contribution in [1.29, 1.82) is 0 Å². The van der Waals surface area contributed by atoms with Crippen molar-refractivity contribution >= 4 is 5.69 Å². The minimum Gasteiger partial charge on any atom is -0.384 e. The van der Waals surface area contributed by atoms with Gasteiger partial charge in [-0.1, -0.05) is 32.4 Å². The highest BCUT2D eigenvalue weighted by Gasteiger charge is 2.38. The summed E-state index contributed by atoms with van der Waals surface area (Å²) in [6.45, 7) is 4.76. The molecular weight excluding hydrogens is 227 g/mol. The predicted octanol–water partition coefficient (Wildman–Crippen LogP) is 4.26. The van der Waals surface area contributed by atoms with E-state index < -0.39 is 11.7 Å². The van der Waals surface area contributed by atoms with Gasteiger partial charge in [0.15, 0.2) is 0 Å². The van der Waals surface area contributed by atoms with Gasteiger partial charge >= 0.3 is 6.18 Å². The maximum Gasteiger partial charge on any atom is 0.418 e. The number of fused-ring (bicyclic) bond motifs is 1. The van der Waals surface area contributed by atoms with Gasteiger partial charge in [0.2, 0.25) is 0 Å². The first-order valence-electron chi connectivity index (χ1n) is 5.89. The molecule has 0 bridgehead atoms. The summed E-state index contributed by atoms with van der Waals surface area (Å²) in [5, 5.41) is 2.92. The molecule has 0 radical (unpaired) electrons. The highest BCUT2D eigenvalue weighted by molar-refractivity contribution is 5.64. The lowest BCUT2D eigenvalue weighted by Crippen LogP contribution is -2.10. The lowest BCUT2D eigenvalue weighted by molar-refractivity contribution is -0.136. The third-order valence-corrected chi connectivity index (χ3v) is 3.63. The second-order valence-electron chi connectivity index (χ2n) is 4.64. The number of hydrogen-bond acceptors (Lipinski definition) is 1. The fraction of sp³-hybridized carbons (Fsp3) is 0.538. The smallest absolute Gasteiger partial charge is 0.384 e. The summed E-state index contributed by atoms with van der Waals surface area (Å²) >= 11 is 0. The van der Waals surface area contributed by atoms with Gasteiger partial charge in [-0.2, -0.15) is 13.2 Å². The Labute approximate surface area is 99.0 Å². The number of benzene rings is 1. The van der Waals surface area contributed by atoms with E-state index in [9.17, 15) is 13.2 Å². The molecule has 0 saturated carbocycles. The van der Waals surface area contributed by atoms with E-state index >= 15 is 0 Å². The van der Waals surface area contributed by atoms with Gasteiger partial charge in [-0.15, -0.1) is 0 Å². The fourth-order valence-corrected chi connectivity index (χ4v) is 2.43. The predicted molar refractivity (Wildman–Crippen MR) is 62.1 cm³/mol. The number of rotatable bonds is 2. The largest absolute Gasteiger partial charge is 0.418 e. The summed E-state index contributed by atoms with van der Waals surface area (Å²) in [5.41, 5.74) is 0.556. The summed E-state index contributed by atoms with van der Waals surface area (Å²) in [7, 11) is 0. The topological polar surface area (TPSA) is 12.0 Å². The first-order chi connectivity index (χ1) is 7.95. The van der Waals surface area contributed by atoms with Crippen molar-refractivity contribution in [1.82, 2.24) is 0 Å². The maximum atomic E-state index is 12.8. The molecule has 0 aliphatic carbocycles. The second kappa shape index (κ2) is 4.24. The molecule has 1 nitrogen and oxygen atoms in total. The van der Waals surface area contributed by atoms with Crippen molar-refractivity contribution in [3.63, 3.8) is 0 Å². The number of hydrogen-bond donors (Lipinski definition) is 1. The molecular formula is C13H16F3N. The summed E-state index contributed by atoms with van der Waals surface area (Å²) in [4.78, 5) is 0. The first kappa shape index (κ1) is 12.3. The van der Waals surface area contributed by atoms with Gasteiger partial charge in [0.05, 0.1) is 5.56 Å². The Morgan fingerprint density at radius 3 is 2.71 bits per heavy atom. The number of halogens is 3. The zero-order chi connectivity index (χ0) is 12.6. The molecule has 1 N–H and O–H groups in total. The number of alkyl halides is 3. The van der Waals surface area contributed by atoms with Gasteiger partial charge in [0.1, 0.15) is 0 Å². The zero-order valence-corrected chi connectivity index (χ0v) is 9.93. The monoisotopic (exact) mass is 243 g/mol. The standard InChI is InChI=1S/C13H16F3N/c1-3-8(2)10-7-17-12-9(10)5-4-6-11(12)13(14,15)16/h4-6,8,10,17H,3,7H2,1-2H3. The van der Waals surface area contributed by atoms with Gasteiger partial charge in [0.25, 0.3) is 0 Å². The Balaban J connectivity index is 2.43. The average molecular weight is 243 g/mol. The van der Waals surface area contributed by atoms with E-state index in [1.807, 2.05) is 0 Å². The molecule has 1 heterocycles. The lowest BCUT2D eigenvalue weighted by Gasteiger charge is -2.17. The van der Waals surface area contributed by atoms with Crippen LogP contribution in [0.1, 0.15) is 37.3 Å². The summed E-state index contributed by atoms with van der Waals surface area (Å²) in [6, 6.07) is 4.45. The molecule has 2 rings (SSSR count). The number of nitrogens with one attached hydrogen (secondary N) is 1. The molecule has 1 aliphatic heterocycles. The van der Waals surface area contributed by atoms with Crippen LogP contribution < -0.4 is 5.32 Å². The van der Waals surface area contributed by atoms with Crippen molar-refractivity contribution < 1.29 is 13.2 Å². The molecule has 1 aromatic carbocycles. The summed E-state index contributed by atoms with van der Waals surface area (Å²) < 4.78 is 38.4. The third kappa shape index (κ3) is 2.13. The van der Waals surface area contributed by atoms with E-state index in [0.717, 1.165) is 18.1 Å². The van der Waals surface area contributed by atoms with Crippen molar-refractivity contribution in [3.05, 3.63) is 29.3 Å². The zero-order valence-electron chi connectivity index (χ0n) is 9.93. The Bertz CT molecular complexity index is 412. The second-order valence-corrected chi connectivity index (χ2v) is 4.64. The van der Waals surface area contributed by atoms with Crippen LogP contribution in [-0.4, -0.2) is 6.54 Å². The minimum atomic E-state index is -4.28. The molecule has 94 valence electrons. The van der Waals surface area contributed by atoms with Crippen molar-refractivity contribution in [2.24, 2.45) is 5.92 Å². The van der Waals surface area contributed by atoms with Crippen molar-refractivity contribution in [3.8, 4) is 0 Å². The van der Waals surface area contributed by atoms with Crippen LogP contribution >= 0.6 is 0 Å². The van der Waals surface area contributed by atoms with Crippen LogP contribution in [0.4, 0.5) is 18.9 Å². The summed E-state index contributed by atoms with van der Waals surface area (Å²) in [5.74, 6) is 0.588. The van der Waals surface area contributed by atoms with Crippen LogP contribution in [0.25, 0.3) is 0 Å². The van der Waals surface area contributed by atoms with Crippen LogP contribution in [-0.2, 0) is 6.18 Å². The molecule has 1 aliphatic rings. The maximum absolute atomic E-state index is 12.8. The van der Waals surface area contributed by atoms with E-state index in [4.69, 9.17) is 0 Å². The molecule has 0 saturated heterocycles. The minimum absolute atomic E-state index is 0.192. The van der Waals surface area contributed by atoms with Crippen LogP contribution in [0, 0.1) is 5.92 Å². The van der Waals surface area contributed by atoms with E-state index in [1.165, 1.54) is 6.07 Å². The molecule has 0 aromatic heterocycles. The van der Waals surface area contributed by atoms with Gasteiger partial charge in [-0.25, -0.2) is 0 Å². The quantitative estimate of drug-likeness (QED) is 0.818. The first-order valence-corrected chi connectivity index (χ1v) is 5.89. The molecule has 0 spiro atoms. The van der Waals surface area contributed by atoms with Crippen molar-refractivity contribution in [2.75, 3.05) is 11.9 Å². The number of para-hydroxylation sites is 1. The van der Waals surface area contributed by atoms with Gasteiger partial charge < -0.3 is 5.32 Å². The Morgan fingerprint density at radius 1 is 1.41 bits per heavy atom. The van der Waals surface area contributed by atoms with Crippen LogP contribution in [0.3, 0.4) is 0 Å². The van der Waals surface area contributed by atoms with Gasteiger partial charge in [0, 0.05) is 18.2 Å². The van der Waals surface area contributed by atoms with E-state index in [1.54, 1.807) is 6.07 Å². The SMILES string of the molecule is CCC(C)C1CNc2c1cccc2C(F)(F)F. The van der Waals surface area contributed by atoms with Gasteiger partial charge in [-0.3, -0.25) is 0 Å². The van der Waals surface area contributed by atoms with E-state index in [-0.39, 0.29) is 11.6 Å². The van der Waals surface area contributed by atoms with Crippen molar-refractivity contribution in [2.45, 2.75) is 32.4 Å². The van der Waals surface area contributed by atoms with E-state index in [2.05, 4.69) is 19.2 Å². The summed E-state index contributed by atoms with van der Waals surface area (Å²) in [6.07, 6.45) is -3.30. The van der Waals surface area contributed by atoms with Crippen LogP contribution in [0.5, 0.6) is 0 Å². The van der Waals surface area contributed by atoms with E-state index in [0.29, 0.717) is 12.5 Å². The van der Waals surface area contributed by atoms with Crippen LogP contribution in [0.15, 0.2) is 18.2 Å². The molecule has 17 heavy (non-hydrogen) atoms. The normalized spacial score (nSPS) is 20.9. The highest BCUT2D eigenvalue weighted by Crippen LogP contribution is 2.44. The van der Waals surface area contributed by atoms with Gasteiger partial charge in [-0.05, 0) is 17.5 Å². The molecule has 2 atom stereocenters. The highest BCUT2D eigenvalue weighted by atomic mass is 19.4. The Kier molecular flexibility index (Phi) is 3.06. The molecule has 1 aromatic rings. The number of anilines is 1. The molecule has 0 amide bonds. The Morgan fingerprint density at radius 2 is 2.12 bits per heavy atom. The molecule has 0 fully saturated rings. The third-order valence-electron chi connectivity index (χ3n) is 3.63. The average Bonchev–Trinajstić information content (AvgIpc) is 2.69. The fourth-order valence-electron chi connectivity index (χ4n) is 2.43. The van der Waals surface area contributed by atoms with Crippen LogP contribution in [0.2, 0.25) is 0 Å².